The molecule has 0 bridgehead atoms. The molecule has 1 aliphatic rings. The highest BCUT2D eigenvalue weighted by atomic mass is 32.1. The zero-order chi connectivity index (χ0) is 16.4. The molecule has 4 heterocycles. The Morgan fingerprint density at radius 3 is 2.54 bits per heavy atom. The Bertz CT molecular complexity index is 808. The lowest BCUT2D eigenvalue weighted by Gasteiger charge is -2.25. The summed E-state index contributed by atoms with van der Waals surface area (Å²) in [4.78, 5) is 11.0. The van der Waals surface area contributed by atoms with Crippen molar-refractivity contribution in [2.24, 2.45) is 0 Å². The van der Waals surface area contributed by atoms with E-state index in [1.54, 1.807) is 18.7 Å². The number of hydrogen-bond acceptors (Lipinski definition) is 4. The molecule has 24 heavy (non-hydrogen) atoms. The summed E-state index contributed by atoms with van der Waals surface area (Å²) in [6.45, 7) is 0.612. The van der Waals surface area contributed by atoms with E-state index in [0.29, 0.717) is 11.7 Å². The van der Waals surface area contributed by atoms with E-state index in [1.807, 2.05) is 48.5 Å². The maximum absolute atomic E-state index is 5.70. The summed E-state index contributed by atoms with van der Waals surface area (Å²) in [5, 5.41) is 4.06. The molecule has 5 nitrogen and oxygen atoms in total. The minimum absolute atomic E-state index is 0.0615. The van der Waals surface area contributed by atoms with Crippen LogP contribution >= 0.6 is 12.2 Å². The Morgan fingerprint density at radius 1 is 1.04 bits per heavy atom. The fourth-order valence-corrected chi connectivity index (χ4v) is 3.32. The number of furan rings is 1. The molecule has 0 spiro atoms. The second kappa shape index (κ2) is 6.41. The predicted molar refractivity (Wildman–Crippen MR) is 93.9 cm³/mol. The van der Waals surface area contributed by atoms with Crippen molar-refractivity contribution in [1.82, 2.24) is 20.2 Å². The molecule has 0 amide bonds. The summed E-state index contributed by atoms with van der Waals surface area (Å²) in [5.74, 6) is 0.855. The third-order valence-electron chi connectivity index (χ3n) is 4.09. The van der Waals surface area contributed by atoms with Crippen molar-refractivity contribution in [3.8, 4) is 0 Å². The minimum atomic E-state index is -0.0654. The minimum Gasteiger partial charge on any atom is -0.467 e. The zero-order valence-electron chi connectivity index (χ0n) is 12.9. The molecule has 0 aliphatic carbocycles. The average molecular weight is 336 g/mol. The van der Waals surface area contributed by atoms with E-state index >= 15 is 0 Å². The van der Waals surface area contributed by atoms with Crippen molar-refractivity contribution in [2.45, 2.75) is 18.6 Å². The van der Waals surface area contributed by atoms with Crippen LogP contribution < -0.4 is 5.32 Å². The summed E-state index contributed by atoms with van der Waals surface area (Å²) in [6, 6.07) is 15.5. The number of aromatic nitrogens is 2. The summed E-state index contributed by atoms with van der Waals surface area (Å²) >= 11 is 5.59. The highest BCUT2D eigenvalue weighted by Crippen LogP contribution is 2.39. The van der Waals surface area contributed by atoms with Crippen molar-refractivity contribution in [3.63, 3.8) is 0 Å². The summed E-state index contributed by atoms with van der Waals surface area (Å²) in [7, 11) is 0. The SMILES string of the molecule is S=C1N[C@@H](c2ccccn2)[C@H](c2ccco2)N1Cc1ccccn1. The quantitative estimate of drug-likeness (QED) is 0.738. The van der Waals surface area contributed by atoms with Gasteiger partial charge in [-0.25, -0.2) is 0 Å². The van der Waals surface area contributed by atoms with Gasteiger partial charge in [-0.05, 0) is 48.6 Å². The van der Waals surface area contributed by atoms with Gasteiger partial charge in [-0.2, -0.15) is 0 Å². The van der Waals surface area contributed by atoms with Crippen LogP contribution in [0.2, 0.25) is 0 Å². The van der Waals surface area contributed by atoms with Gasteiger partial charge in [-0.1, -0.05) is 12.1 Å². The van der Waals surface area contributed by atoms with Crippen molar-refractivity contribution in [3.05, 3.63) is 84.3 Å². The maximum Gasteiger partial charge on any atom is 0.170 e. The molecule has 0 radical (unpaired) electrons. The van der Waals surface area contributed by atoms with Crippen molar-refractivity contribution in [2.75, 3.05) is 0 Å². The number of rotatable bonds is 4. The number of hydrogen-bond donors (Lipinski definition) is 1. The first-order valence-electron chi connectivity index (χ1n) is 7.74. The van der Waals surface area contributed by atoms with Gasteiger partial charge in [0.05, 0.1) is 30.2 Å². The predicted octanol–water partition coefficient (Wildman–Crippen LogP) is 3.24. The van der Waals surface area contributed by atoms with Gasteiger partial charge in [0, 0.05) is 12.4 Å². The normalized spacial score (nSPS) is 20.2. The van der Waals surface area contributed by atoms with E-state index in [0.717, 1.165) is 17.1 Å². The Hall–Kier alpha value is -2.73. The van der Waals surface area contributed by atoms with Gasteiger partial charge in [-0.15, -0.1) is 0 Å². The first-order chi connectivity index (χ1) is 11.8. The second-order valence-corrected chi connectivity index (χ2v) is 5.98. The Morgan fingerprint density at radius 2 is 1.88 bits per heavy atom. The van der Waals surface area contributed by atoms with Crippen LogP contribution in [-0.4, -0.2) is 20.0 Å². The molecule has 0 saturated carbocycles. The van der Waals surface area contributed by atoms with Crippen LogP contribution in [0.15, 0.2) is 71.6 Å². The van der Waals surface area contributed by atoms with E-state index in [-0.39, 0.29) is 12.1 Å². The van der Waals surface area contributed by atoms with Crippen LogP contribution in [-0.2, 0) is 6.54 Å². The number of thiocarbonyl (C=S) groups is 1. The van der Waals surface area contributed by atoms with E-state index in [1.165, 1.54) is 0 Å². The number of nitrogens with zero attached hydrogens (tertiary/aromatic N) is 3. The van der Waals surface area contributed by atoms with Gasteiger partial charge in [0.2, 0.25) is 0 Å². The van der Waals surface area contributed by atoms with Gasteiger partial charge >= 0.3 is 0 Å². The maximum atomic E-state index is 5.70. The molecule has 4 rings (SSSR count). The molecular formula is C18H16N4OS. The average Bonchev–Trinajstić information content (AvgIpc) is 3.25. The lowest BCUT2D eigenvalue weighted by atomic mass is 10.0. The van der Waals surface area contributed by atoms with Crippen LogP contribution in [0, 0.1) is 0 Å². The smallest absolute Gasteiger partial charge is 0.170 e. The monoisotopic (exact) mass is 336 g/mol. The summed E-state index contributed by atoms with van der Waals surface area (Å²) in [6.07, 6.45) is 5.27. The fraction of sp³-hybridized carbons (Fsp3) is 0.167. The fourth-order valence-electron chi connectivity index (χ4n) is 3.01. The lowest BCUT2D eigenvalue weighted by Crippen LogP contribution is -2.29. The number of nitrogens with one attached hydrogen (secondary N) is 1. The Labute approximate surface area is 145 Å². The molecule has 1 fully saturated rings. The molecule has 120 valence electrons. The lowest BCUT2D eigenvalue weighted by molar-refractivity contribution is 0.265. The topological polar surface area (TPSA) is 54.2 Å². The first-order valence-corrected chi connectivity index (χ1v) is 8.15. The molecule has 6 heteroatoms. The van der Waals surface area contributed by atoms with E-state index < -0.39 is 0 Å². The highest BCUT2D eigenvalue weighted by Gasteiger charge is 2.41. The third-order valence-corrected chi connectivity index (χ3v) is 4.44. The molecule has 0 aromatic carbocycles. The first kappa shape index (κ1) is 14.8. The van der Waals surface area contributed by atoms with Gasteiger partial charge in [0.15, 0.2) is 5.11 Å². The van der Waals surface area contributed by atoms with E-state index in [4.69, 9.17) is 16.6 Å². The standard InChI is InChI=1S/C18H16N4OS/c24-18-21-16(14-7-2-4-10-20-14)17(15-8-5-11-23-15)22(18)12-13-6-1-3-9-19-13/h1-11,16-17H,12H2,(H,21,24)/t16-,17-/m0/s1. The van der Waals surface area contributed by atoms with Crippen molar-refractivity contribution >= 4 is 17.3 Å². The van der Waals surface area contributed by atoms with Crippen molar-refractivity contribution < 1.29 is 4.42 Å². The molecular weight excluding hydrogens is 320 g/mol. The van der Waals surface area contributed by atoms with Gasteiger partial charge in [0.25, 0.3) is 0 Å². The highest BCUT2D eigenvalue weighted by molar-refractivity contribution is 7.80. The largest absolute Gasteiger partial charge is 0.467 e. The second-order valence-electron chi connectivity index (χ2n) is 5.59. The van der Waals surface area contributed by atoms with Gasteiger partial charge in [-0.3, -0.25) is 9.97 Å². The van der Waals surface area contributed by atoms with Gasteiger partial charge in [0.1, 0.15) is 11.8 Å². The summed E-state index contributed by atoms with van der Waals surface area (Å²) < 4.78 is 5.70. The van der Waals surface area contributed by atoms with Crippen LogP contribution in [0.4, 0.5) is 0 Å². The molecule has 1 N–H and O–H groups in total. The molecule has 2 atom stereocenters. The molecule has 3 aromatic heterocycles. The Balaban J connectivity index is 1.71. The molecule has 3 aromatic rings. The van der Waals surface area contributed by atoms with Crippen molar-refractivity contribution in [1.29, 1.82) is 0 Å². The van der Waals surface area contributed by atoms with Crippen LogP contribution in [0.25, 0.3) is 0 Å². The molecule has 1 saturated heterocycles. The molecule has 0 unspecified atom stereocenters. The van der Waals surface area contributed by atoms with E-state index in [9.17, 15) is 0 Å². The van der Waals surface area contributed by atoms with Gasteiger partial charge < -0.3 is 14.6 Å². The van der Waals surface area contributed by atoms with E-state index in [2.05, 4.69) is 20.2 Å². The van der Waals surface area contributed by atoms with Crippen LogP contribution in [0.5, 0.6) is 0 Å². The Kier molecular flexibility index (Phi) is 3.96. The summed E-state index contributed by atoms with van der Waals surface area (Å²) in [5.41, 5.74) is 1.89. The molecule has 1 aliphatic heterocycles. The number of pyridine rings is 2. The van der Waals surface area contributed by atoms with Crippen LogP contribution in [0.3, 0.4) is 0 Å². The van der Waals surface area contributed by atoms with Crippen LogP contribution in [0.1, 0.15) is 29.2 Å². The zero-order valence-corrected chi connectivity index (χ0v) is 13.7. The third kappa shape index (κ3) is 2.76.